The van der Waals surface area contributed by atoms with Crippen molar-refractivity contribution in [1.82, 2.24) is 10.6 Å². The van der Waals surface area contributed by atoms with Crippen LogP contribution in [0.2, 0.25) is 0 Å². The van der Waals surface area contributed by atoms with Gasteiger partial charge in [-0.2, -0.15) is 13.2 Å². The van der Waals surface area contributed by atoms with Crippen LogP contribution in [0.5, 0.6) is 5.75 Å². The molecular weight excluding hydrogens is 285 g/mol. The summed E-state index contributed by atoms with van der Waals surface area (Å²) in [6.45, 7) is 5.10. The van der Waals surface area contributed by atoms with Crippen molar-refractivity contribution in [1.29, 1.82) is 0 Å². The van der Waals surface area contributed by atoms with Gasteiger partial charge in [-0.25, -0.2) is 0 Å². The van der Waals surface area contributed by atoms with E-state index >= 15 is 0 Å². The summed E-state index contributed by atoms with van der Waals surface area (Å²) in [4.78, 5) is 11.7. The van der Waals surface area contributed by atoms with E-state index in [1.807, 2.05) is 6.92 Å². The first kappa shape index (κ1) is 17.3. The van der Waals surface area contributed by atoms with Gasteiger partial charge in [0, 0.05) is 13.1 Å². The molecule has 0 heterocycles. The number of amides is 1. The van der Waals surface area contributed by atoms with E-state index in [9.17, 15) is 18.0 Å². The molecule has 0 bridgehead atoms. The molecule has 1 rings (SSSR count). The Hall–Kier alpha value is -1.76. The molecule has 4 nitrogen and oxygen atoms in total. The lowest BCUT2D eigenvalue weighted by Gasteiger charge is -2.18. The van der Waals surface area contributed by atoms with Crippen molar-refractivity contribution in [3.8, 4) is 5.75 Å². The smallest absolute Gasteiger partial charge is 0.419 e. The normalized spacial score (nSPS) is 12.8. The topological polar surface area (TPSA) is 50.4 Å². The molecule has 1 amide bonds. The van der Waals surface area contributed by atoms with Crippen LogP contribution in [0.25, 0.3) is 0 Å². The monoisotopic (exact) mass is 304 g/mol. The average Bonchev–Trinajstić information content (AvgIpc) is 2.42. The maximum Gasteiger partial charge on any atom is 0.419 e. The van der Waals surface area contributed by atoms with Gasteiger partial charge in [0.05, 0.1) is 5.56 Å². The first-order valence-corrected chi connectivity index (χ1v) is 6.67. The molecule has 0 spiro atoms. The predicted molar refractivity (Wildman–Crippen MR) is 73.1 cm³/mol. The van der Waals surface area contributed by atoms with Gasteiger partial charge in [-0.1, -0.05) is 19.1 Å². The minimum Gasteiger partial charge on any atom is -0.480 e. The van der Waals surface area contributed by atoms with Crippen molar-refractivity contribution in [2.45, 2.75) is 26.1 Å². The minimum absolute atomic E-state index is 0.348. The van der Waals surface area contributed by atoms with Gasteiger partial charge in [-0.15, -0.1) is 0 Å². The summed E-state index contributed by atoms with van der Waals surface area (Å²) in [5, 5.41) is 5.60. The van der Waals surface area contributed by atoms with Gasteiger partial charge in [0.2, 0.25) is 0 Å². The predicted octanol–water partition coefficient (Wildman–Crippen LogP) is 2.20. The molecule has 0 radical (unpaired) electrons. The Morgan fingerprint density at radius 1 is 1.29 bits per heavy atom. The standard InChI is InChI=1S/C14H19F3N2O2/c1-3-18-8-9-19-13(20)10(2)21-12-7-5-4-6-11(12)14(15,16)17/h4-7,10,18H,3,8-9H2,1-2H3,(H,19,20). The van der Waals surface area contributed by atoms with E-state index in [1.165, 1.54) is 25.1 Å². The summed E-state index contributed by atoms with van der Waals surface area (Å²) < 4.78 is 43.5. The van der Waals surface area contributed by atoms with Crippen LogP contribution in [0.1, 0.15) is 19.4 Å². The lowest BCUT2D eigenvalue weighted by Crippen LogP contribution is -2.39. The summed E-state index contributed by atoms with van der Waals surface area (Å²) >= 11 is 0. The Morgan fingerprint density at radius 2 is 1.95 bits per heavy atom. The zero-order valence-electron chi connectivity index (χ0n) is 12.0. The molecular formula is C14H19F3N2O2. The highest BCUT2D eigenvalue weighted by molar-refractivity contribution is 5.80. The highest BCUT2D eigenvalue weighted by atomic mass is 19.4. The highest BCUT2D eigenvalue weighted by Crippen LogP contribution is 2.36. The van der Waals surface area contributed by atoms with Crippen LogP contribution in [0.4, 0.5) is 13.2 Å². The first-order valence-electron chi connectivity index (χ1n) is 6.67. The van der Waals surface area contributed by atoms with Crippen LogP contribution in [-0.2, 0) is 11.0 Å². The molecule has 0 aliphatic heterocycles. The number of hydrogen-bond donors (Lipinski definition) is 2. The summed E-state index contributed by atoms with van der Waals surface area (Å²) in [6, 6.07) is 4.83. The van der Waals surface area contributed by atoms with Crippen LogP contribution in [-0.4, -0.2) is 31.6 Å². The van der Waals surface area contributed by atoms with Crippen molar-refractivity contribution in [3.05, 3.63) is 29.8 Å². The molecule has 0 fully saturated rings. The molecule has 2 N–H and O–H groups in total. The van der Waals surface area contributed by atoms with E-state index in [0.29, 0.717) is 13.1 Å². The fourth-order valence-corrected chi connectivity index (χ4v) is 1.64. The third kappa shape index (κ3) is 5.63. The number of hydrogen-bond acceptors (Lipinski definition) is 3. The molecule has 7 heteroatoms. The van der Waals surface area contributed by atoms with Crippen LogP contribution in [0.3, 0.4) is 0 Å². The van der Waals surface area contributed by atoms with Gasteiger partial charge < -0.3 is 15.4 Å². The van der Waals surface area contributed by atoms with Gasteiger partial charge in [-0.05, 0) is 25.6 Å². The number of alkyl halides is 3. The Bertz CT molecular complexity index is 464. The number of carbonyl (C=O) groups is 1. The van der Waals surface area contributed by atoms with Crippen molar-refractivity contribution in [2.75, 3.05) is 19.6 Å². The first-order chi connectivity index (χ1) is 9.86. The lowest BCUT2D eigenvalue weighted by molar-refractivity contribution is -0.140. The number of benzene rings is 1. The number of halogens is 3. The summed E-state index contributed by atoms with van der Waals surface area (Å²) in [6.07, 6.45) is -5.52. The van der Waals surface area contributed by atoms with E-state index in [-0.39, 0.29) is 5.75 Å². The Labute approximate surface area is 121 Å². The number of rotatable bonds is 7. The Morgan fingerprint density at radius 3 is 2.57 bits per heavy atom. The van der Waals surface area contributed by atoms with Gasteiger partial charge in [0.15, 0.2) is 6.10 Å². The van der Waals surface area contributed by atoms with E-state index in [0.717, 1.165) is 12.6 Å². The second kappa shape index (κ2) is 7.87. The third-order valence-corrected chi connectivity index (χ3v) is 2.72. The van der Waals surface area contributed by atoms with E-state index in [1.54, 1.807) is 0 Å². The largest absolute Gasteiger partial charge is 0.480 e. The molecule has 0 saturated carbocycles. The molecule has 1 unspecified atom stereocenters. The summed E-state index contributed by atoms with van der Waals surface area (Å²) in [7, 11) is 0. The number of ether oxygens (including phenoxy) is 1. The SMILES string of the molecule is CCNCCNC(=O)C(C)Oc1ccccc1C(F)(F)F. The zero-order chi connectivity index (χ0) is 15.9. The molecule has 1 atom stereocenters. The number of nitrogens with one attached hydrogen (secondary N) is 2. The van der Waals surface area contributed by atoms with Crippen LogP contribution in [0, 0.1) is 0 Å². The third-order valence-electron chi connectivity index (χ3n) is 2.72. The summed E-state index contributed by atoms with van der Waals surface area (Å²) in [5.41, 5.74) is -0.891. The number of carbonyl (C=O) groups excluding carboxylic acids is 1. The highest BCUT2D eigenvalue weighted by Gasteiger charge is 2.34. The van der Waals surface area contributed by atoms with Gasteiger partial charge in [-0.3, -0.25) is 4.79 Å². The molecule has 21 heavy (non-hydrogen) atoms. The number of para-hydroxylation sites is 1. The van der Waals surface area contributed by atoms with Crippen molar-refractivity contribution >= 4 is 5.91 Å². The number of likely N-dealkylation sites (N-methyl/N-ethyl adjacent to an activating group) is 1. The lowest BCUT2D eigenvalue weighted by atomic mass is 10.2. The fraction of sp³-hybridized carbons (Fsp3) is 0.500. The molecule has 0 aliphatic carbocycles. The van der Waals surface area contributed by atoms with Crippen molar-refractivity contribution in [2.24, 2.45) is 0 Å². The Kier molecular flexibility index (Phi) is 6.48. The maximum atomic E-state index is 12.8. The summed E-state index contributed by atoms with van der Waals surface area (Å²) in [5.74, 6) is -0.802. The molecule has 0 saturated heterocycles. The second-order valence-electron chi connectivity index (χ2n) is 4.40. The van der Waals surface area contributed by atoms with Gasteiger partial charge >= 0.3 is 6.18 Å². The van der Waals surface area contributed by atoms with E-state index in [2.05, 4.69) is 10.6 Å². The molecule has 0 aromatic heterocycles. The van der Waals surface area contributed by atoms with Crippen LogP contribution < -0.4 is 15.4 Å². The minimum atomic E-state index is -4.52. The van der Waals surface area contributed by atoms with Crippen molar-refractivity contribution < 1.29 is 22.7 Å². The molecule has 0 aliphatic rings. The molecule has 118 valence electrons. The van der Waals surface area contributed by atoms with Crippen LogP contribution in [0.15, 0.2) is 24.3 Å². The van der Waals surface area contributed by atoms with Gasteiger partial charge in [0.25, 0.3) is 5.91 Å². The fourth-order valence-electron chi connectivity index (χ4n) is 1.64. The van der Waals surface area contributed by atoms with E-state index < -0.39 is 23.8 Å². The quantitative estimate of drug-likeness (QED) is 0.759. The second-order valence-corrected chi connectivity index (χ2v) is 4.40. The molecule has 1 aromatic rings. The van der Waals surface area contributed by atoms with Crippen molar-refractivity contribution in [3.63, 3.8) is 0 Å². The van der Waals surface area contributed by atoms with E-state index in [4.69, 9.17) is 4.74 Å². The molecule has 1 aromatic carbocycles. The maximum absolute atomic E-state index is 12.8. The average molecular weight is 304 g/mol. The zero-order valence-corrected chi connectivity index (χ0v) is 12.0. The Balaban J connectivity index is 2.62. The van der Waals surface area contributed by atoms with Crippen LogP contribution >= 0.6 is 0 Å². The van der Waals surface area contributed by atoms with Gasteiger partial charge in [0.1, 0.15) is 5.75 Å².